The summed E-state index contributed by atoms with van der Waals surface area (Å²) in [5.74, 6) is 5.56. The second kappa shape index (κ2) is 7.88. The highest BCUT2D eigenvalue weighted by atomic mass is 15.2. The smallest absolute Gasteiger partial charge is 0.0103 e. The Bertz CT molecular complexity index is 448. The lowest BCUT2D eigenvalue weighted by atomic mass is 9.65. The summed E-state index contributed by atoms with van der Waals surface area (Å²) < 4.78 is 0. The lowest BCUT2D eigenvalue weighted by molar-refractivity contribution is 0.00828. The van der Waals surface area contributed by atoms with Gasteiger partial charge >= 0.3 is 0 Å². The van der Waals surface area contributed by atoms with Crippen molar-refractivity contribution in [3.8, 4) is 0 Å². The molecule has 4 aliphatic rings. The van der Waals surface area contributed by atoms with Crippen molar-refractivity contribution >= 4 is 0 Å². The van der Waals surface area contributed by atoms with Crippen LogP contribution in [0.2, 0.25) is 0 Å². The van der Waals surface area contributed by atoms with Gasteiger partial charge in [0.2, 0.25) is 0 Å². The van der Waals surface area contributed by atoms with Crippen molar-refractivity contribution in [3.63, 3.8) is 0 Å². The summed E-state index contributed by atoms with van der Waals surface area (Å²) in [5.41, 5.74) is 0.945. The molecule has 2 heteroatoms. The van der Waals surface area contributed by atoms with Crippen LogP contribution < -0.4 is 0 Å². The van der Waals surface area contributed by atoms with Crippen molar-refractivity contribution in [3.05, 3.63) is 0 Å². The first-order valence-electron chi connectivity index (χ1n) is 12.3. The predicted molar refractivity (Wildman–Crippen MR) is 123 cm³/mol. The molecule has 164 valence electrons. The van der Waals surface area contributed by atoms with Crippen LogP contribution in [0.1, 0.15) is 82.1 Å². The Labute approximate surface area is 176 Å². The van der Waals surface area contributed by atoms with Crippen LogP contribution in [0, 0.1) is 46.3 Å². The Kier molecular flexibility index (Phi) is 6.36. The highest BCUT2D eigenvalue weighted by Crippen LogP contribution is 2.48. The van der Waals surface area contributed by atoms with Gasteiger partial charge in [0.1, 0.15) is 0 Å². The first kappa shape index (κ1) is 22.6. The van der Waals surface area contributed by atoms with E-state index in [4.69, 9.17) is 0 Å². The van der Waals surface area contributed by atoms with E-state index >= 15 is 0 Å². The Morgan fingerprint density at radius 3 is 1.18 bits per heavy atom. The molecule has 4 rings (SSSR count). The maximum atomic E-state index is 2.71. The number of piperidine rings is 2. The third-order valence-corrected chi connectivity index (χ3v) is 9.32. The molecule has 0 N–H and O–H groups in total. The van der Waals surface area contributed by atoms with Gasteiger partial charge in [-0.2, -0.15) is 0 Å². The summed E-state index contributed by atoms with van der Waals surface area (Å²) in [6.45, 7) is 29.8. The first-order chi connectivity index (χ1) is 12.8. The molecule has 10 atom stereocenters. The molecule has 0 amide bonds. The molecule has 9 unspecified atom stereocenters. The van der Waals surface area contributed by atoms with Crippen LogP contribution in [0.3, 0.4) is 0 Å². The van der Waals surface area contributed by atoms with Crippen LogP contribution in [0.15, 0.2) is 0 Å². The third-order valence-electron chi connectivity index (χ3n) is 9.32. The van der Waals surface area contributed by atoms with Crippen molar-refractivity contribution in [2.45, 2.75) is 94.2 Å². The van der Waals surface area contributed by atoms with E-state index in [1.54, 1.807) is 0 Å². The molecule has 0 aromatic carbocycles. The van der Waals surface area contributed by atoms with Gasteiger partial charge in [-0.15, -0.1) is 0 Å². The molecule has 0 saturated carbocycles. The molecule has 4 heterocycles. The van der Waals surface area contributed by atoms with Crippen molar-refractivity contribution in [2.75, 3.05) is 26.2 Å². The minimum atomic E-state index is 0.472. The van der Waals surface area contributed by atoms with E-state index in [2.05, 4.69) is 79.0 Å². The minimum absolute atomic E-state index is 0.472. The second-order valence-electron chi connectivity index (χ2n) is 13.1. The molecule has 4 bridgehead atoms. The van der Waals surface area contributed by atoms with Gasteiger partial charge in [0.05, 0.1) is 0 Å². The second-order valence-corrected chi connectivity index (χ2v) is 13.1. The normalized spacial score (nSPS) is 48.2. The highest BCUT2D eigenvalue weighted by Gasteiger charge is 2.48. The maximum Gasteiger partial charge on any atom is 0.0103 e. The van der Waals surface area contributed by atoms with Gasteiger partial charge in [0, 0.05) is 25.2 Å². The zero-order valence-electron chi connectivity index (χ0n) is 20.8. The van der Waals surface area contributed by atoms with Gasteiger partial charge in [-0.1, -0.05) is 55.4 Å². The number of rotatable bonds is 0. The summed E-state index contributed by atoms with van der Waals surface area (Å²) in [6, 6.07) is 1.59. The topological polar surface area (TPSA) is 6.48 Å². The molecular formula is C26H50N2. The molecule has 0 aromatic rings. The number of nitrogens with zero attached hydrogens (tertiary/aromatic N) is 2. The average molecular weight is 391 g/mol. The van der Waals surface area contributed by atoms with E-state index in [0.717, 1.165) is 47.6 Å². The van der Waals surface area contributed by atoms with Crippen molar-refractivity contribution in [2.24, 2.45) is 46.3 Å². The third kappa shape index (κ3) is 4.20. The summed E-state index contributed by atoms with van der Waals surface area (Å²) in [4.78, 5) is 5.42. The molecule has 0 spiro atoms. The zero-order chi connectivity index (χ0) is 21.0. The molecule has 4 fully saturated rings. The molecule has 28 heavy (non-hydrogen) atoms. The zero-order valence-corrected chi connectivity index (χ0v) is 20.8. The van der Waals surface area contributed by atoms with Crippen LogP contribution in [-0.4, -0.2) is 48.1 Å². The number of hydrogen-bond donors (Lipinski definition) is 0. The van der Waals surface area contributed by atoms with E-state index < -0.39 is 0 Å². The van der Waals surface area contributed by atoms with E-state index in [1.165, 1.54) is 39.0 Å². The Balaban J connectivity index is 0.000000161. The predicted octanol–water partition coefficient (Wildman–Crippen LogP) is 6.02. The minimum Gasteiger partial charge on any atom is -0.300 e. The van der Waals surface area contributed by atoms with Gasteiger partial charge in [-0.25, -0.2) is 0 Å². The van der Waals surface area contributed by atoms with Gasteiger partial charge in [0.15, 0.2) is 0 Å². The van der Waals surface area contributed by atoms with E-state index in [0.29, 0.717) is 10.8 Å². The largest absolute Gasteiger partial charge is 0.300 e. The summed E-state index contributed by atoms with van der Waals surface area (Å²) in [6.07, 6.45) is 2.89. The fourth-order valence-corrected chi connectivity index (χ4v) is 8.17. The van der Waals surface area contributed by atoms with Crippen LogP contribution in [0.5, 0.6) is 0 Å². The summed E-state index contributed by atoms with van der Waals surface area (Å²) in [5, 5.41) is 0. The molecular weight excluding hydrogens is 340 g/mol. The Hall–Kier alpha value is -0.0800. The van der Waals surface area contributed by atoms with Gasteiger partial charge < -0.3 is 9.80 Å². The van der Waals surface area contributed by atoms with Crippen LogP contribution in [-0.2, 0) is 0 Å². The number of fused-ring (bicyclic) bond motifs is 4. The van der Waals surface area contributed by atoms with E-state index in [9.17, 15) is 0 Å². The lowest BCUT2D eigenvalue weighted by Gasteiger charge is -2.48. The SMILES string of the molecule is CC1C2CCN(C2)C(C)C1C(C)(C)C.CC1C2CCN(C2)C(C)[C@@H]1C(C)(C)C. The molecule has 0 radical (unpaired) electrons. The average Bonchev–Trinajstić information content (AvgIpc) is 3.18. The van der Waals surface area contributed by atoms with Gasteiger partial charge in [0.25, 0.3) is 0 Å². The lowest BCUT2D eigenvalue weighted by Crippen LogP contribution is -2.50. The standard InChI is InChI=1S/2C13H25N/c2*1-9-11-6-7-14(8-11)10(2)12(9)13(3,4)5/h2*9-12H,6-8H2,1-5H3/t9?,10?,11?,12-;/m1./s1. The summed E-state index contributed by atoms with van der Waals surface area (Å²) >= 11 is 0. The van der Waals surface area contributed by atoms with Gasteiger partial charge in [-0.05, 0) is 86.1 Å². The van der Waals surface area contributed by atoms with E-state index in [-0.39, 0.29) is 0 Å². The Morgan fingerprint density at radius 1 is 0.571 bits per heavy atom. The fourth-order valence-electron chi connectivity index (χ4n) is 8.17. The van der Waals surface area contributed by atoms with Crippen LogP contribution in [0.4, 0.5) is 0 Å². The van der Waals surface area contributed by atoms with Gasteiger partial charge in [-0.3, -0.25) is 0 Å². The van der Waals surface area contributed by atoms with Crippen molar-refractivity contribution in [1.29, 1.82) is 0 Å². The number of hydrogen-bond acceptors (Lipinski definition) is 2. The fraction of sp³-hybridized carbons (Fsp3) is 1.00. The molecule has 2 nitrogen and oxygen atoms in total. The monoisotopic (exact) mass is 390 g/mol. The summed E-state index contributed by atoms with van der Waals surface area (Å²) in [7, 11) is 0. The Morgan fingerprint density at radius 2 is 0.893 bits per heavy atom. The molecule has 0 aromatic heterocycles. The van der Waals surface area contributed by atoms with Crippen molar-refractivity contribution in [1.82, 2.24) is 9.80 Å². The quantitative estimate of drug-likeness (QED) is 0.499. The first-order valence-corrected chi connectivity index (χ1v) is 12.3. The van der Waals surface area contributed by atoms with Crippen LogP contribution in [0.25, 0.3) is 0 Å². The molecule has 4 aliphatic heterocycles. The van der Waals surface area contributed by atoms with Crippen molar-refractivity contribution < 1.29 is 0 Å². The van der Waals surface area contributed by atoms with Crippen LogP contribution >= 0.6 is 0 Å². The maximum absolute atomic E-state index is 2.71. The molecule has 4 saturated heterocycles. The van der Waals surface area contributed by atoms with E-state index in [1.807, 2.05) is 0 Å². The highest BCUT2D eigenvalue weighted by molar-refractivity contribution is 4.99. The molecule has 0 aliphatic carbocycles.